The van der Waals surface area contributed by atoms with Crippen LogP contribution in [0.25, 0.3) is 0 Å². The Labute approximate surface area is 117 Å². The van der Waals surface area contributed by atoms with E-state index in [1.165, 1.54) is 17.0 Å². The van der Waals surface area contributed by atoms with Crippen LogP contribution in [0.15, 0.2) is 35.4 Å². The Hall–Kier alpha value is -2.14. The molecule has 0 saturated carbocycles. The first kappa shape index (κ1) is 14.3. The number of aliphatic hydroxyl groups is 1. The molecule has 0 spiro atoms. The molecule has 1 unspecified atom stereocenters. The third-order valence-corrected chi connectivity index (χ3v) is 3.14. The number of rotatable bonds is 4. The van der Waals surface area contributed by atoms with E-state index in [1.54, 1.807) is 27.0 Å². The molecule has 0 amide bonds. The second-order valence-corrected chi connectivity index (χ2v) is 4.74. The zero-order valence-electron chi connectivity index (χ0n) is 11.8. The first-order valence-electron chi connectivity index (χ1n) is 6.39. The number of nitrogens with zero attached hydrogens (tertiary/aromatic N) is 2. The van der Waals surface area contributed by atoms with Crippen LogP contribution in [0.3, 0.4) is 0 Å². The van der Waals surface area contributed by atoms with Crippen LogP contribution < -0.4 is 10.3 Å². The summed E-state index contributed by atoms with van der Waals surface area (Å²) in [5, 5.41) is 9.65. The van der Waals surface area contributed by atoms with E-state index in [0.717, 1.165) is 11.1 Å². The van der Waals surface area contributed by atoms with Crippen LogP contribution in [-0.2, 0) is 6.54 Å². The number of hydrogen-bond acceptors (Lipinski definition) is 4. The summed E-state index contributed by atoms with van der Waals surface area (Å²) in [6.07, 6.45) is 0.958. The summed E-state index contributed by atoms with van der Waals surface area (Å²) in [6.45, 7) is 3.83. The lowest BCUT2D eigenvalue weighted by Gasteiger charge is -2.13. The van der Waals surface area contributed by atoms with Gasteiger partial charge in [-0.05, 0) is 31.5 Å². The summed E-state index contributed by atoms with van der Waals surface area (Å²) in [5.41, 5.74) is 2.20. The molecule has 0 radical (unpaired) electrons. The lowest BCUT2D eigenvalue weighted by atomic mass is 10.1. The highest BCUT2D eigenvalue weighted by Gasteiger charge is 2.09. The second kappa shape index (κ2) is 5.88. The van der Waals surface area contributed by atoms with Crippen molar-refractivity contribution < 1.29 is 9.84 Å². The number of aryl methyl sites for hydroxylation is 1. The van der Waals surface area contributed by atoms with E-state index in [0.29, 0.717) is 18.0 Å². The number of benzene rings is 1. The van der Waals surface area contributed by atoms with E-state index < -0.39 is 6.10 Å². The lowest BCUT2D eigenvalue weighted by molar-refractivity contribution is 0.199. The SMILES string of the molecule is COc1ccc(C(C)O)cc1Cn1cnc(C)cc1=O. The Morgan fingerprint density at radius 1 is 1.40 bits per heavy atom. The summed E-state index contributed by atoms with van der Waals surface area (Å²) >= 11 is 0. The monoisotopic (exact) mass is 274 g/mol. The first-order valence-corrected chi connectivity index (χ1v) is 6.39. The largest absolute Gasteiger partial charge is 0.496 e. The van der Waals surface area contributed by atoms with Crippen molar-refractivity contribution in [2.75, 3.05) is 7.11 Å². The Morgan fingerprint density at radius 2 is 2.15 bits per heavy atom. The molecule has 1 atom stereocenters. The van der Waals surface area contributed by atoms with Crippen molar-refractivity contribution in [1.29, 1.82) is 0 Å². The molecule has 0 aliphatic carbocycles. The van der Waals surface area contributed by atoms with E-state index in [9.17, 15) is 9.90 Å². The summed E-state index contributed by atoms with van der Waals surface area (Å²) in [6, 6.07) is 6.94. The minimum absolute atomic E-state index is 0.109. The molecule has 106 valence electrons. The molecule has 1 N–H and O–H groups in total. The van der Waals surface area contributed by atoms with Gasteiger partial charge in [0.25, 0.3) is 5.56 Å². The topological polar surface area (TPSA) is 64.3 Å². The van der Waals surface area contributed by atoms with Gasteiger partial charge in [-0.1, -0.05) is 6.07 Å². The van der Waals surface area contributed by atoms with Gasteiger partial charge < -0.3 is 9.84 Å². The van der Waals surface area contributed by atoms with Crippen LogP contribution in [0.2, 0.25) is 0 Å². The zero-order chi connectivity index (χ0) is 14.7. The van der Waals surface area contributed by atoms with Crippen molar-refractivity contribution in [3.8, 4) is 5.75 Å². The molecule has 5 nitrogen and oxygen atoms in total. The van der Waals surface area contributed by atoms with Gasteiger partial charge in [0, 0.05) is 17.3 Å². The predicted octanol–water partition coefficient (Wildman–Crippen LogP) is 1.66. The van der Waals surface area contributed by atoms with Gasteiger partial charge in [-0.15, -0.1) is 0 Å². The van der Waals surface area contributed by atoms with Gasteiger partial charge in [0.15, 0.2) is 0 Å². The fraction of sp³-hybridized carbons (Fsp3) is 0.333. The Morgan fingerprint density at radius 3 is 2.75 bits per heavy atom. The van der Waals surface area contributed by atoms with E-state index in [1.807, 2.05) is 12.1 Å². The molecule has 2 aromatic rings. The minimum Gasteiger partial charge on any atom is -0.496 e. The minimum atomic E-state index is -0.562. The molecule has 0 fully saturated rings. The molecule has 2 rings (SSSR count). The quantitative estimate of drug-likeness (QED) is 0.921. The average molecular weight is 274 g/mol. The van der Waals surface area contributed by atoms with E-state index in [4.69, 9.17) is 4.74 Å². The van der Waals surface area contributed by atoms with Crippen LogP contribution in [0.1, 0.15) is 29.8 Å². The van der Waals surface area contributed by atoms with Gasteiger partial charge in [-0.3, -0.25) is 9.36 Å². The van der Waals surface area contributed by atoms with Crippen LogP contribution in [0, 0.1) is 6.92 Å². The summed E-state index contributed by atoms with van der Waals surface area (Å²) in [7, 11) is 1.58. The van der Waals surface area contributed by atoms with Gasteiger partial charge in [-0.2, -0.15) is 0 Å². The number of methoxy groups -OCH3 is 1. The van der Waals surface area contributed by atoms with Crippen molar-refractivity contribution in [2.24, 2.45) is 0 Å². The Kier molecular flexibility index (Phi) is 4.20. The number of aliphatic hydroxyl groups excluding tert-OH is 1. The second-order valence-electron chi connectivity index (χ2n) is 4.74. The molecule has 20 heavy (non-hydrogen) atoms. The van der Waals surface area contributed by atoms with Gasteiger partial charge >= 0.3 is 0 Å². The van der Waals surface area contributed by atoms with Crippen LogP contribution in [0.5, 0.6) is 5.75 Å². The molecule has 0 bridgehead atoms. The lowest BCUT2D eigenvalue weighted by Crippen LogP contribution is -2.21. The first-order chi connectivity index (χ1) is 9.51. The predicted molar refractivity (Wildman–Crippen MR) is 76.0 cm³/mol. The molecule has 1 heterocycles. The van der Waals surface area contributed by atoms with Gasteiger partial charge in [0.05, 0.1) is 26.1 Å². The Balaban J connectivity index is 2.40. The van der Waals surface area contributed by atoms with Gasteiger partial charge in [0.2, 0.25) is 0 Å². The third-order valence-electron chi connectivity index (χ3n) is 3.14. The molecule has 5 heteroatoms. The van der Waals surface area contributed by atoms with E-state index in [-0.39, 0.29) is 5.56 Å². The van der Waals surface area contributed by atoms with E-state index >= 15 is 0 Å². The van der Waals surface area contributed by atoms with Crippen LogP contribution in [-0.4, -0.2) is 21.8 Å². The number of ether oxygens (including phenoxy) is 1. The van der Waals surface area contributed by atoms with Crippen molar-refractivity contribution in [2.45, 2.75) is 26.5 Å². The maximum absolute atomic E-state index is 11.9. The highest BCUT2D eigenvalue weighted by Crippen LogP contribution is 2.23. The molecule has 1 aromatic carbocycles. The number of aromatic nitrogens is 2. The van der Waals surface area contributed by atoms with Gasteiger partial charge in [0.1, 0.15) is 5.75 Å². The molecular formula is C15H18N2O3. The zero-order valence-corrected chi connectivity index (χ0v) is 11.8. The third kappa shape index (κ3) is 3.05. The molecule has 1 aromatic heterocycles. The summed E-state index contributed by atoms with van der Waals surface area (Å²) < 4.78 is 6.81. The standard InChI is InChI=1S/C15H18N2O3/c1-10-6-15(19)17(9-16-10)8-13-7-12(11(2)18)4-5-14(13)20-3/h4-7,9,11,18H,8H2,1-3H3. The fourth-order valence-corrected chi connectivity index (χ4v) is 2.00. The number of hydrogen-bond donors (Lipinski definition) is 1. The van der Waals surface area contributed by atoms with Crippen molar-refractivity contribution >= 4 is 0 Å². The maximum atomic E-state index is 11.9. The summed E-state index contributed by atoms with van der Waals surface area (Å²) in [5.74, 6) is 0.682. The van der Waals surface area contributed by atoms with Crippen molar-refractivity contribution in [1.82, 2.24) is 9.55 Å². The highest BCUT2D eigenvalue weighted by atomic mass is 16.5. The molecule has 0 saturated heterocycles. The normalized spacial score (nSPS) is 12.2. The van der Waals surface area contributed by atoms with Gasteiger partial charge in [-0.25, -0.2) is 4.98 Å². The molecule has 0 aliphatic rings. The maximum Gasteiger partial charge on any atom is 0.253 e. The van der Waals surface area contributed by atoms with Crippen LogP contribution in [0.4, 0.5) is 0 Å². The Bertz CT molecular complexity index is 662. The average Bonchev–Trinajstić information content (AvgIpc) is 2.41. The summed E-state index contributed by atoms with van der Waals surface area (Å²) in [4.78, 5) is 16.0. The van der Waals surface area contributed by atoms with E-state index in [2.05, 4.69) is 4.98 Å². The molecular weight excluding hydrogens is 256 g/mol. The fourth-order valence-electron chi connectivity index (χ4n) is 2.00. The highest BCUT2D eigenvalue weighted by molar-refractivity contribution is 5.38. The van der Waals surface area contributed by atoms with Crippen LogP contribution >= 0.6 is 0 Å². The van der Waals surface area contributed by atoms with Crippen molar-refractivity contribution in [3.05, 3.63) is 57.8 Å². The molecule has 0 aliphatic heterocycles. The van der Waals surface area contributed by atoms with Crippen molar-refractivity contribution in [3.63, 3.8) is 0 Å². The smallest absolute Gasteiger partial charge is 0.253 e.